The van der Waals surface area contributed by atoms with Crippen LogP contribution in [0.15, 0.2) is 60.7 Å². The fourth-order valence-electron chi connectivity index (χ4n) is 4.03. The number of nitrogens with zero attached hydrogens (tertiary/aromatic N) is 3. The van der Waals surface area contributed by atoms with Crippen molar-refractivity contribution in [2.45, 2.75) is 13.0 Å². The lowest BCUT2D eigenvalue weighted by molar-refractivity contribution is 0.0603. The summed E-state index contributed by atoms with van der Waals surface area (Å²) in [5, 5.41) is 18.1. The number of fused-ring (bicyclic) bond motifs is 1. The summed E-state index contributed by atoms with van der Waals surface area (Å²) >= 11 is 0. The van der Waals surface area contributed by atoms with Gasteiger partial charge in [0.1, 0.15) is 11.5 Å². The van der Waals surface area contributed by atoms with Gasteiger partial charge in [-0.15, -0.1) is 0 Å². The molecule has 8 nitrogen and oxygen atoms in total. The van der Waals surface area contributed by atoms with Crippen LogP contribution in [0.4, 0.5) is 0 Å². The summed E-state index contributed by atoms with van der Waals surface area (Å²) in [4.78, 5) is 12.5. The van der Waals surface area contributed by atoms with E-state index in [1.807, 2.05) is 41.1 Å². The van der Waals surface area contributed by atoms with Gasteiger partial charge in [-0.1, -0.05) is 12.1 Å². The van der Waals surface area contributed by atoms with Crippen LogP contribution in [0.3, 0.4) is 0 Å². The van der Waals surface area contributed by atoms with Crippen LogP contribution in [0.2, 0.25) is 0 Å². The van der Waals surface area contributed by atoms with Crippen molar-refractivity contribution >= 4 is 16.9 Å². The van der Waals surface area contributed by atoms with Crippen molar-refractivity contribution in [3.8, 4) is 23.3 Å². The minimum atomic E-state index is -0.410. The Labute approximate surface area is 203 Å². The molecule has 4 rings (SSSR count). The van der Waals surface area contributed by atoms with Crippen LogP contribution >= 0.6 is 0 Å². The molecule has 4 aromatic rings. The maximum absolute atomic E-state index is 12.5. The summed E-state index contributed by atoms with van der Waals surface area (Å²) in [6, 6.07) is 20.5. The summed E-state index contributed by atoms with van der Waals surface area (Å²) in [7, 11) is 4.63. The monoisotopic (exact) mass is 470 g/mol. The number of ether oxygens (including phenoxy) is 3. The number of esters is 1. The van der Waals surface area contributed by atoms with Crippen molar-refractivity contribution in [2.75, 3.05) is 27.9 Å². The molecule has 3 aromatic carbocycles. The number of benzene rings is 3. The first-order valence-corrected chi connectivity index (χ1v) is 11.1. The number of carbonyl (C=O) groups is 1. The van der Waals surface area contributed by atoms with Crippen LogP contribution < -0.4 is 14.8 Å². The highest BCUT2D eigenvalue weighted by Gasteiger charge is 2.20. The molecular weight excluding hydrogens is 444 g/mol. The van der Waals surface area contributed by atoms with Gasteiger partial charge in [0, 0.05) is 36.5 Å². The zero-order valence-electron chi connectivity index (χ0n) is 19.9. The maximum Gasteiger partial charge on any atom is 0.338 e. The quantitative estimate of drug-likeness (QED) is 0.291. The number of nitrogens with one attached hydrogen (secondary N) is 1. The molecule has 1 heterocycles. The second-order valence-electron chi connectivity index (χ2n) is 7.81. The first kappa shape index (κ1) is 23.8. The first-order valence-electron chi connectivity index (χ1n) is 11.1. The van der Waals surface area contributed by atoms with Gasteiger partial charge in [0.15, 0.2) is 0 Å². The van der Waals surface area contributed by atoms with Crippen molar-refractivity contribution in [2.24, 2.45) is 0 Å². The Balaban J connectivity index is 1.64. The Kier molecular flexibility index (Phi) is 7.29. The molecule has 0 fully saturated rings. The summed E-state index contributed by atoms with van der Waals surface area (Å²) in [6.45, 7) is 1.22. The van der Waals surface area contributed by atoms with E-state index in [9.17, 15) is 4.79 Å². The second kappa shape index (κ2) is 10.7. The Hall–Kier alpha value is -4.35. The minimum Gasteiger partial charge on any atom is -0.497 e. The summed E-state index contributed by atoms with van der Waals surface area (Å²) in [5.74, 6) is 1.07. The van der Waals surface area contributed by atoms with Gasteiger partial charge in [-0.3, -0.25) is 0 Å². The fraction of sp³-hybridized carbons (Fsp3) is 0.222. The van der Waals surface area contributed by atoms with Crippen LogP contribution in [0, 0.1) is 11.3 Å². The second-order valence-corrected chi connectivity index (χ2v) is 7.81. The van der Waals surface area contributed by atoms with Crippen LogP contribution in [-0.4, -0.2) is 43.6 Å². The number of hydrogen-bond donors (Lipinski definition) is 1. The molecule has 0 saturated heterocycles. The molecule has 0 saturated carbocycles. The molecule has 0 spiro atoms. The zero-order valence-corrected chi connectivity index (χ0v) is 19.9. The van der Waals surface area contributed by atoms with E-state index in [0.717, 1.165) is 33.8 Å². The molecule has 1 aromatic heterocycles. The molecule has 8 heteroatoms. The van der Waals surface area contributed by atoms with E-state index in [-0.39, 0.29) is 0 Å². The molecule has 0 aliphatic carbocycles. The van der Waals surface area contributed by atoms with Gasteiger partial charge in [-0.2, -0.15) is 10.4 Å². The third-order valence-electron chi connectivity index (χ3n) is 5.79. The van der Waals surface area contributed by atoms with Gasteiger partial charge in [-0.25, -0.2) is 9.48 Å². The lowest BCUT2D eigenvalue weighted by Gasteiger charge is -2.12. The standard InChI is InChI=1S/C27H26N4O4/c1-33-21-12-9-19(25(15-21)34-2)17-29-14-13-24-26-22(27(32)35-3)5-4-6-23(26)30-31(24)20-10-7-18(16-28)8-11-20/h4-12,15,29H,13-14,17H2,1-3H3. The van der Waals surface area contributed by atoms with Gasteiger partial charge in [0.05, 0.1) is 55.4 Å². The first-order chi connectivity index (χ1) is 17.1. The van der Waals surface area contributed by atoms with E-state index in [2.05, 4.69) is 11.4 Å². The van der Waals surface area contributed by atoms with Gasteiger partial charge in [0.25, 0.3) is 0 Å². The van der Waals surface area contributed by atoms with E-state index in [1.165, 1.54) is 7.11 Å². The molecule has 1 N–H and O–H groups in total. The number of rotatable bonds is 9. The molecule has 0 amide bonds. The van der Waals surface area contributed by atoms with Crippen LogP contribution in [-0.2, 0) is 17.7 Å². The molecular formula is C27H26N4O4. The number of nitriles is 1. The highest BCUT2D eigenvalue weighted by Crippen LogP contribution is 2.27. The third-order valence-corrected chi connectivity index (χ3v) is 5.79. The number of aromatic nitrogens is 2. The molecule has 178 valence electrons. The van der Waals surface area contributed by atoms with Crippen molar-refractivity contribution in [1.82, 2.24) is 15.1 Å². The fourth-order valence-corrected chi connectivity index (χ4v) is 4.03. The molecule has 0 aliphatic rings. The number of carbonyl (C=O) groups excluding carboxylic acids is 1. The number of methoxy groups -OCH3 is 3. The van der Waals surface area contributed by atoms with Crippen molar-refractivity contribution < 1.29 is 19.0 Å². The largest absolute Gasteiger partial charge is 0.497 e. The smallest absolute Gasteiger partial charge is 0.338 e. The Bertz CT molecular complexity index is 1390. The van der Waals surface area contributed by atoms with E-state index in [4.69, 9.17) is 24.6 Å². The lowest BCUT2D eigenvalue weighted by Crippen LogP contribution is -2.19. The van der Waals surface area contributed by atoms with Gasteiger partial charge >= 0.3 is 5.97 Å². The van der Waals surface area contributed by atoms with Crippen LogP contribution in [0.1, 0.15) is 27.2 Å². The molecule has 0 radical (unpaired) electrons. The molecule has 0 aliphatic heterocycles. The Morgan fingerprint density at radius 2 is 1.86 bits per heavy atom. The van der Waals surface area contributed by atoms with Crippen LogP contribution in [0.25, 0.3) is 16.6 Å². The maximum atomic E-state index is 12.5. The SMILES string of the molecule is COC(=O)c1cccc2nn(-c3ccc(C#N)cc3)c(CCNCc3ccc(OC)cc3OC)c12. The predicted molar refractivity (Wildman–Crippen MR) is 132 cm³/mol. The van der Waals surface area contributed by atoms with Crippen molar-refractivity contribution in [1.29, 1.82) is 5.26 Å². The minimum absolute atomic E-state index is 0.410. The summed E-state index contributed by atoms with van der Waals surface area (Å²) in [5.41, 5.74) is 4.43. The highest BCUT2D eigenvalue weighted by molar-refractivity contribution is 6.04. The topological polar surface area (TPSA) is 98.4 Å². The van der Waals surface area contributed by atoms with E-state index in [0.29, 0.717) is 36.2 Å². The number of hydrogen-bond acceptors (Lipinski definition) is 7. The van der Waals surface area contributed by atoms with Crippen molar-refractivity contribution in [3.05, 3.63) is 83.0 Å². The lowest BCUT2D eigenvalue weighted by atomic mass is 10.1. The Morgan fingerprint density at radius 3 is 2.54 bits per heavy atom. The predicted octanol–water partition coefficient (Wildman–Crippen LogP) is 4.03. The van der Waals surface area contributed by atoms with Crippen molar-refractivity contribution in [3.63, 3.8) is 0 Å². The van der Waals surface area contributed by atoms with Crippen LogP contribution in [0.5, 0.6) is 11.5 Å². The Morgan fingerprint density at radius 1 is 1.06 bits per heavy atom. The molecule has 0 atom stereocenters. The average molecular weight is 471 g/mol. The normalized spacial score (nSPS) is 10.7. The van der Waals surface area contributed by atoms with E-state index in [1.54, 1.807) is 38.5 Å². The van der Waals surface area contributed by atoms with E-state index >= 15 is 0 Å². The van der Waals surface area contributed by atoms with Gasteiger partial charge < -0.3 is 19.5 Å². The van der Waals surface area contributed by atoms with E-state index < -0.39 is 5.97 Å². The highest BCUT2D eigenvalue weighted by atomic mass is 16.5. The zero-order chi connectivity index (χ0) is 24.8. The summed E-state index contributed by atoms with van der Waals surface area (Å²) in [6.07, 6.45) is 0.600. The average Bonchev–Trinajstić information content (AvgIpc) is 3.29. The molecule has 35 heavy (non-hydrogen) atoms. The molecule has 0 bridgehead atoms. The van der Waals surface area contributed by atoms with Gasteiger partial charge in [-0.05, 0) is 42.5 Å². The molecule has 0 unspecified atom stereocenters. The van der Waals surface area contributed by atoms with Gasteiger partial charge in [0.2, 0.25) is 0 Å². The third kappa shape index (κ3) is 4.95. The summed E-state index contributed by atoms with van der Waals surface area (Å²) < 4.78 is 17.6.